The molecule has 1 aromatic heterocycles. The van der Waals surface area contributed by atoms with E-state index in [1.54, 1.807) is 30.3 Å². The quantitative estimate of drug-likeness (QED) is 0.203. The number of nitrogens with zero attached hydrogens (tertiary/aromatic N) is 2. The van der Waals surface area contributed by atoms with Crippen LogP contribution >= 0.6 is 23.2 Å². The van der Waals surface area contributed by atoms with Gasteiger partial charge < -0.3 is 10.1 Å². The smallest absolute Gasteiger partial charge is 0.305 e. The van der Waals surface area contributed by atoms with Crippen molar-refractivity contribution in [3.63, 3.8) is 0 Å². The minimum Gasteiger partial charge on any atom is -0.469 e. The summed E-state index contributed by atoms with van der Waals surface area (Å²) in [5.41, 5.74) is 5.24. The minimum absolute atomic E-state index is 0.199. The van der Waals surface area contributed by atoms with Crippen molar-refractivity contribution in [1.29, 1.82) is 0 Å². The van der Waals surface area contributed by atoms with Gasteiger partial charge in [-0.3, -0.25) is 9.59 Å². The maximum atomic E-state index is 12.8. The summed E-state index contributed by atoms with van der Waals surface area (Å²) in [6.45, 7) is 0.390. The fourth-order valence-corrected chi connectivity index (χ4v) is 4.05. The lowest BCUT2D eigenvalue weighted by molar-refractivity contribution is -0.140. The predicted molar refractivity (Wildman–Crippen MR) is 142 cm³/mol. The summed E-state index contributed by atoms with van der Waals surface area (Å²) in [5, 5.41) is 4.22. The zero-order valence-electron chi connectivity index (χ0n) is 19.8. The molecule has 0 saturated heterocycles. The number of methoxy groups -OCH3 is 1. The molecule has 6 nitrogen and oxygen atoms in total. The van der Waals surface area contributed by atoms with Crippen LogP contribution < -0.4 is 5.32 Å². The predicted octanol–water partition coefficient (Wildman–Crippen LogP) is 6.42. The van der Waals surface area contributed by atoms with E-state index in [0.717, 1.165) is 28.9 Å². The minimum atomic E-state index is -0.230. The second-order valence-corrected chi connectivity index (χ2v) is 9.19. The lowest BCUT2D eigenvalue weighted by Gasteiger charge is -2.12. The van der Waals surface area contributed by atoms with E-state index in [4.69, 9.17) is 37.9 Å². The third-order valence-electron chi connectivity index (χ3n) is 5.75. The Kier molecular flexibility index (Phi) is 8.52. The Morgan fingerprint density at radius 3 is 2.25 bits per heavy atom. The van der Waals surface area contributed by atoms with E-state index in [-0.39, 0.29) is 11.9 Å². The highest BCUT2D eigenvalue weighted by molar-refractivity contribution is 6.30. The lowest BCUT2D eigenvalue weighted by Crippen LogP contribution is -2.22. The molecule has 0 aliphatic heterocycles. The monoisotopic (exact) mass is 521 g/mol. The molecule has 0 aliphatic rings. The second-order valence-electron chi connectivity index (χ2n) is 8.32. The van der Waals surface area contributed by atoms with Gasteiger partial charge in [-0.15, -0.1) is 0 Å². The van der Waals surface area contributed by atoms with Gasteiger partial charge in [-0.1, -0.05) is 47.5 Å². The number of aromatic nitrogens is 2. The summed E-state index contributed by atoms with van der Waals surface area (Å²) in [5.74, 6) is -0.429. The SMILES string of the molecule is COC(=O)CCCCc1nc2cc(C(=O)NCc3ccc(Cl)cc3)ccc2nc1-c1ccc(Cl)cc1. The van der Waals surface area contributed by atoms with Crippen LogP contribution in [0.15, 0.2) is 66.7 Å². The molecule has 0 bridgehead atoms. The highest BCUT2D eigenvalue weighted by Crippen LogP contribution is 2.27. The van der Waals surface area contributed by atoms with Crippen LogP contribution in [0.1, 0.15) is 40.9 Å². The zero-order chi connectivity index (χ0) is 25.5. The van der Waals surface area contributed by atoms with Crippen LogP contribution in [0.2, 0.25) is 10.0 Å². The second kappa shape index (κ2) is 12.0. The van der Waals surface area contributed by atoms with Gasteiger partial charge in [0.25, 0.3) is 5.91 Å². The van der Waals surface area contributed by atoms with Gasteiger partial charge in [-0.05, 0) is 67.3 Å². The number of halogens is 2. The third-order valence-corrected chi connectivity index (χ3v) is 6.26. The number of esters is 1. The molecule has 36 heavy (non-hydrogen) atoms. The van der Waals surface area contributed by atoms with Crippen molar-refractivity contribution in [3.05, 3.63) is 93.6 Å². The van der Waals surface area contributed by atoms with Gasteiger partial charge in [0.15, 0.2) is 0 Å². The van der Waals surface area contributed by atoms with Crippen molar-refractivity contribution in [1.82, 2.24) is 15.3 Å². The molecule has 0 spiro atoms. The standard InChI is InChI=1S/C28H25Cl2N3O3/c1-36-26(34)5-3-2-4-24-27(19-8-13-22(30)14-9-19)33-23-15-10-20(16-25(23)32-24)28(35)31-17-18-6-11-21(29)12-7-18/h6-16H,2-5,17H2,1H3,(H,31,35). The normalized spacial score (nSPS) is 10.9. The van der Waals surface area contributed by atoms with Crippen LogP contribution in [0.25, 0.3) is 22.3 Å². The van der Waals surface area contributed by atoms with Crippen molar-refractivity contribution in [2.24, 2.45) is 0 Å². The summed E-state index contributed by atoms with van der Waals surface area (Å²) in [6.07, 6.45) is 2.41. The number of hydrogen-bond donors (Lipinski definition) is 1. The van der Waals surface area contributed by atoms with Gasteiger partial charge in [0.1, 0.15) is 0 Å². The molecule has 4 aromatic rings. The Labute approximate surface area is 219 Å². The Morgan fingerprint density at radius 1 is 0.861 bits per heavy atom. The average molecular weight is 522 g/mol. The highest BCUT2D eigenvalue weighted by atomic mass is 35.5. The van der Waals surface area contributed by atoms with Crippen LogP contribution in [0.4, 0.5) is 0 Å². The van der Waals surface area contributed by atoms with E-state index in [2.05, 4.69) is 5.32 Å². The fourth-order valence-electron chi connectivity index (χ4n) is 3.80. The highest BCUT2D eigenvalue weighted by Gasteiger charge is 2.14. The van der Waals surface area contributed by atoms with E-state index in [9.17, 15) is 9.59 Å². The first-order chi connectivity index (χ1) is 17.4. The molecule has 4 rings (SSSR count). The maximum absolute atomic E-state index is 12.8. The van der Waals surface area contributed by atoms with E-state index in [0.29, 0.717) is 52.4 Å². The average Bonchev–Trinajstić information content (AvgIpc) is 2.90. The number of amides is 1. The molecule has 0 radical (unpaired) electrons. The molecule has 1 N–H and O–H groups in total. The number of benzene rings is 3. The molecular weight excluding hydrogens is 497 g/mol. The lowest BCUT2D eigenvalue weighted by atomic mass is 10.0. The van der Waals surface area contributed by atoms with Crippen molar-refractivity contribution in [2.75, 3.05) is 7.11 Å². The number of unbranched alkanes of at least 4 members (excludes halogenated alkanes) is 1. The number of hydrogen-bond acceptors (Lipinski definition) is 5. The largest absolute Gasteiger partial charge is 0.469 e. The number of ether oxygens (including phenoxy) is 1. The number of aryl methyl sites for hydroxylation is 1. The van der Waals surface area contributed by atoms with E-state index in [1.165, 1.54) is 7.11 Å². The first-order valence-corrected chi connectivity index (χ1v) is 12.3. The maximum Gasteiger partial charge on any atom is 0.305 e. The molecule has 1 amide bonds. The number of carbonyl (C=O) groups excluding carboxylic acids is 2. The third kappa shape index (κ3) is 6.59. The van der Waals surface area contributed by atoms with Crippen LogP contribution in [0, 0.1) is 0 Å². The first kappa shape index (κ1) is 25.6. The molecule has 0 aliphatic carbocycles. The summed E-state index contributed by atoms with van der Waals surface area (Å²) in [4.78, 5) is 34.0. The zero-order valence-corrected chi connectivity index (χ0v) is 21.3. The molecule has 0 atom stereocenters. The van der Waals surface area contributed by atoms with Gasteiger partial charge >= 0.3 is 5.97 Å². The van der Waals surface area contributed by atoms with E-state index >= 15 is 0 Å². The Balaban J connectivity index is 1.58. The van der Waals surface area contributed by atoms with E-state index in [1.807, 2.05) is 36.4 Å². The number of carbonyl (C=O) groups is 2. The molecular formula is C28H25Cl2N3O3. The molecule has 184 valence electrons. The number of nitrogens with one attached hydrogen (secondary N) is 1. The number of rotatable bonds is 9. The van der Waals surface area contributed by atoms with E-state index < -0.39 is 0 Å². The van der Waals surface area contributed by atoms with Crippen molar-refractivity contribution in [2.45, 2.75) is 32.2 Å². The summed E-state index contributed by atoms with van der Waals surface area (Å²) in [7, 11) is 1.39. The van der Waals surface area contributed by atoms with Gasteiger partial charge in [-0.2, -0.15) is 0 Å². The first-order valence-electron chi connectivity index (χ1n) is 11.6. The Hall–Kier alpha value is -3.48. The van der Waals surface area contributed by atoms with Crippen molar-refractivity contribution < 1.29 is 14.3 Å². The van der Waals surface area contributed by atoms with Gasteiger partial charge in [0, 0.05) is 34.1 Å². The van der Waals surface area contributed by atoms with Gasteiger partial charge in [-0.25, -0.2) is 9.97 Å². The Bertz CT molecular complexity index is 1370. The van der Waals surface area contributed by atoms with Crippen LogP contribution in [-0.2, 0) is 22.5 Å². The van der Waals surface area contributed by atoms with Crippen LogP contribution in [0.3, 0.4) is 0 Å². The topological polar surface area (TPSA) is 81.2 Å². The molecule has 1 heterocycles. The van der Waals surface area contributed by atoms with Crippen molar-refractivity contribution in [3.8, 4) is 11.3 Å². The van der Waals surface area contributed by atoms with Crippen LogP contribution in [0.5, 0.6) is 0 Å². The fraction of sp³-hybridized carbons (Fsp3) is 0.214. The summed E-state index contributed by atoms with van der Waals surface area (Å²) < 4.78 is 4.73. The van der Waals surface area contributed by atoms with Crippen LogP contribution in [-0.4, -0.2) is 29.0 Å². The Morgan fingerprint density at radius 2 is 1.56 bits per heavy atom. The molecule has 0 fully saturated rings. The molecule has 0 saturated carbocycles. The number of fused-ring (bicyclic) bond motifs is 1. The summed E-state index contributed by atoms with van der Waals surface area (Å²) in [6, 6.07) is 20.1. The summed E-state index contributed by atoms with van der Waals surface area (Å²) >= 11 is 12.0. The molecule has 3 aromatic carbocycles. The van der Waals surface area contributed by atoms with Gasteiger partial charge in [0.2, 0.25) is 0 Å². The van der Waals surface area contributed by atoms with Gasteiger partial charge in [0.05, 0.1) is 29.5 Å². The van der Waals surface area contributed by atoms with Crippen molar-refractivity contribution >= 4 is 46.1 Å². The molecule has 8 heteroatoms. The molecule has 0 unspecified atom stereocenters.